The number of aliphatic hydroxyl groups excluding tert-OH is 1. The Kier molecular flexibility index (Phi) is 3.86. The minimum Gasteiger partial charge on any atom is -0.392 e. The Bertz CT molecular complexity index is 390. The van der Waals surface area contributed by atoms with Gasteiger partial charge in [0.2, 0.25) is 0 Å². The fourth-order valence-corrected chi connectivity index (χ4v) is 2.45. The zero-order valence-electron chi connectivity index (χ0n) is 10.1. The van der Waals surface area contributed by atoms with E-state index in [1.165, 1.54) is 0 Å². The number of pyridine rings is 1. The molecule has 2 atom stereocenters. The van der Waals surface area contributed by atoms with Crippen molar-refractivity contribution in [2.45, 2.75) is 32.7 Å². The molecule has 0 bridgehead atoms. The van der Waals surface area contributed by atoms with E-state index in [2.05, 4.69) is 9.88 Å². The van der Waals surface area contributed by atoms with Crippen LogP contribution in [0.1, 0.15) is 19.4 Å². The maximum Gasteiger partial charge on any atom is 0.147 e. The number of aliphatic hydroxyl groups is 1. The lowest BCUT2D eigenvalue weighted by Gasteiger charge is -2.36. The molecule has 1 fully saturated rings. The standard InChI is InChI=1S/C12H17ClN2O2/c1-8-5-15(6-9(2)17-8)12-11(13)3-10(7-16)4-14-12/h3-4,8-9,16H,5-7H2,1-2H3. The van der Waals surface area contributed by atoms with Gasteiger partial charge in [-0.25, -0.2) is 4.98 Å². The van der Waals surface area contributed by atoms with E-state index in [1.807, 2.05) is 13.8 Å². The van der Waals surface area contributed by atoms with E-state index in [0.717, 1.165) is 24.5 Å². The second-order valence-electron chi connectivity index (χ2n) is 4.47. The lowest BCUT2D eigenvalue weighted by atomic mass is 10.2. The Morgan fingerprint density at radius 2 is 2.12 bits per heavy atom. The first kappa shape index (κ1) is 12.6. The summed E-state index contributed by atoms with van der Waals surface area (Å²) in [4.78, 5) is 6.45. The van der Waals surface area contributed by atoms with Gasteiger partial charge in [-0.3, -0.25) is 0 Å². The molecule has 4 nitrogen and oxygen atoms in total. The molecule has 94 valence electrons. The van der Waals surface area contributed by atoms with Crippen LogP contribution in [0, 0.1) is 0 Å². The van der Waals surface area contributed by atoms with E-state index >= 15 is 0 Å². The second-order valence-corrected chi connectivity index (χ2v) is 4.88. The van der Waals surface area contributed by atoms with Crippen molar-refractivity contribution in [1.82, 2.24) is 4.98 Å². The molecule has 5 heteroatoms. The van der Waals surface area contributed by atoms with Crippen LogP contribution >= 0.6 is 11.6 Å². The molecule has 1 saturated heterocycles. The first-order chi connectivity index (χ1) is 8.10. The molecule has 1 aromatic rings. The molecule has 2 rings (SSSR count). The summed E-state index contributed by atoms with van der Waals surface area (Å²) < 4.78 is 5.67. The summed E-state index contributed by atoms with van der Waals surface area (Å²) in [5.74, 6) is 0.769. The molecule has 0 saturated carbocycles. The van der Waals surface area contributed by atoms with Crippen LogP contribution in [0.3, 0.4) is 0 Å². The predicted molar refractivity (Wildman–Crippen MR) is 67.4 cm³/mol. The molecule has 1 aromatic heterocycles. The third kappa shape index (κ3) is 2.89. The Balaban J connectivity index is 2.21. The van der Waals surface area contributed by atoms with E-state index in [1.54, 1.807) is 12.3 Å². The van der Waals surface area contributed by atoms with Crippen molar-refractivity contribution in [3.63, 3.8) is 0 Å². The molecule has 2 unspecified atom stereocenters. The van der Waals surface area contributed by atoms with Crippen molar-refractivity contribution < 1.29 is 9.84 Å². The van der Waals surface area contributed by atoms with E-state index in [9.17, 15) is 0 Å². The fraction of sp³-hybridized carbons (Fsp3) is 0.583. The van der Waals surface area contributed by atoms with Crippen LogP contribution < -0.4 is 4.90 Å². The number of morpholine rings is 1. The number of ether oxygens (including phenoxy) is 1. The van der Waals surface area contributed by atoms with Crippen LogP contribution in [-0.4, -0.2) is 35.4 Å². The summed E-state index contributed by atoms with van der Waals surface area (Å²) in [6.07, 6.45) is 2.01. The number of nitrogens with zero attached hydrogens (tertiary/aromatic N) is 2. The van der Waals surface area contributed by atoms with Gasteiger partial charge in [0.15, 0.2) is 0 Å². The van der Waals surface area contributed by atoms with Gasteiger partial charge in [-0.2, -0.15) is 0 Å². The Morgan fingerprint density at radius 1 is 1.47 bits per heavy atom. The number of halogens is 1. The quantitative estimate of drug-likeness (QED) is 0.877. The molecule has 17 heavy (non-hydrogen) atoms. The van der Waals surface area contributed by atoms with Gasteiger partial charge in [0.25, 0.3) is 0 Å². The largest absolute Gasteiger partial charge is 0.392 e. The summed E-state index contributed by atoms with van der Waals surface area (Å²) in [7, 11) is 0. The summed E-state index contributed by atoms with van der Waals surface area (Å²) in [6.45, 7) is 5.62. The third-order valence-corrected chi connectivity index (χ3v) is 3.06. The van der Waals surface area contributed by atoms with Crippen molar-refractivity contribution in [1.29, 1.82) is 0 Å². The normalized spacial score (nSPS) is 25.1. The second kappa shape index (κ2) is 5.21. The molecule has 2 heterocycles. The highest BCUT2D eigenvalue weighted by atomic mass is 35.5. The number of anilines is 1. The topological polar surface area (TPSA) is 45.6 Å². The van der Waals surface area contributed by atoms with Crippen molar-refractivity contribution in [3.05, 3.63) is 22.8 Å². The molecule has 0 amide bonds. The third-order valence-electron chi connectivity index (χ3n) is 2.78. The van der Waals surface area contributed by atoms with Gasteiger partial charge in [-0.1, -0.05) is 11.6 Å². The molecular formula is C12H17ClN2O2. The maximum atomic E-state index is 9.02. The minimum absolute atomic E-state index is 0.0388. The first-order valence-electron chi connectivity index (χ1n) is 5.76. The fourth-order valence-electron chi connectivity index (χ4n) is 2.14. The van der Waals surface area contributed by atoms with Crippen LogP contribution in [-0.2, 0) is 11.3 Å². The molecule has 0 aromatic carbocycles. The predicted octanol–water partition coefficient (Wildman–Crippen LogP) is 1.84. The van der Waals surface area contributed by atoms with E-state index in [0.29, 0.717) is 5.02 Å². The molecule has 1 N–H and O–H groups in total. The van der Waals surface area contributed by atoms with Crippen LogP contribution in [0.4, 0.5) is 5.82 Å². The van der Waals surface area contributed by atoms with Crippen molar-refractivity contribution in [3.8, 4) is 0 Å². The highest BCUT2D eigenvalue weighted by Gasteiger charge is 2.24. The van der Waals surface area contributed by atoms with Crippen LogP contribution in [0.15, 0.2) is 12.3 Å². The minimum atomic E-state index is -0.0388. The first-order valence-corrected chi connectivity index (χ1v) is 6.13. The van der Waals surface area contributed by atoms with Gasteiger partial charge in [0.05, 0.1) is 23.8 Å². The van der Waals surface area contributed by atoms with Gasteiger partial charge in [0, 0.05) is 19.3 Å². The summed E-state index contributed by atoms with van der Waals surface area (Å²) in [5, 5.41) is 9.60. The Hall–Kier alpha value is -0.840. The van der Waals surface area contributed by atoms with Gasteiger partial charge < -0.3 is 14.7 Å². The van der Waals surface area contributed by atoms with Crippen molar-refractivity contribution in [2.75, 3.05) is 18.0 Å². The van der Waals surface area contributed by atoms with Gasteiger partial charge in [0.1, 0.15) is 5.82 Å². The van der Waals surface area contributed by atoms with Gasteiger partial charge >= 0.3 is 0 Å². The molecule has 0 aliphatic carbocycles. The van der Waals surface area contributed by atoms with Crippen molar-refractivity contribution >= 4 is 17.4 Å². The molecule has 1 aliphatic rings. The average Bonchev–Trinajstić information content (AvgIpc) is 2.27. The zero-order chi connectivity index (χ0) is 12.4. The Morgan fingerprint density at radius 3 is 2.65 bits per heavy atom. The monoisotopic (exact) mass is 256 g/mol. The lowest BCUT2D eigenvalue weighted by molar-refractivity contribution is -0.00545. The number of hydrogen-bond donors (Lipinski definition) is 1. The van der Waals surface area contributed by atoms with Crippen LogP contribution in [0.5, 0.6) is 0 Å². The molecule has 0 radical (unpaired) electrons. The summed E-state index contributed by atoms with van der Waals surface area (Å²) >= 11 is 6.18. The highest BCUT2D eigenvalue weighted by molar-refractivity contribution is 6.33. The Labute approximate surface area is 106 Å². The molecule has 0 spiro atoms. The zero-order valence-corrected chi connectivity index (χ0v) is 10.8. The lowest BCUT2D eigenvalue weighted by Crippen LogP contribution is -2.46. The van der Waals surface area contributed by atoms with Crippen LogP contribution in [0.2, 0.25) is 5.02 Å². The van der Waals surface area contributed by atoms with Gasteiger partial charge in [-0.05, 0) is 25.5 Å². The van der Waals surface area contributed by atoms with E-state index in [4.69, 9.17) is 21.4 Å². The summed E-state index contributed by atoms with van der Waals surface area (Å²) in [6, 6.07) is 1.76. The van der Waals surface area contributed by atoms with Crippen LogP contribution in [0.25, 0.3) is 0 Å². The molecule has 1 aliphatic heterocycles. The maximum absolute atomic E-state index is 9.02. The number of hydrogen-bond acceptors (Lipinski definition) is 4. The average molecular weight is 257 g/mol. The van der Waals surface area contributed by atoms with E-state index < -0.39 is 0 Å². The number of aromatic nitrogens is 1. The van der Waals surface area contributed by atoms with Crippen molar-refractivity contribution in [2.24, 2.45) is 0 Å². The summed E-state index contributed by atoms with van der Waals surface area (Å²) in [5.41, 5.74) is 0.730. The van der Waals surface area contributed by atoms with E-state index in [-0.39, 0.29) is 18.8 Å². The highest BCUT2D eigenvalue weighted by Crippen LogP contribution is 2.26. The SMILES string of the molecule is CC1CN(c2ncc(CO)cc2Cl)CC(C)O1. The number of rotatable bonds is 2. The smallest absolute Gasteiger partial charge is 0.147 e. The van der Waals surface area contributed by atoms with Gasteiger partial charge in [-0.15, -0.1) is 0 Å². The molecular weight excluding hydrogens is 240 g/mol.